The number of nitrogens with one attached hydrogen (secondary N) is 4. The Bertz CT molecular complexity index is 458. The maximum atomic E-state index is 7.78. The second kappa shape index (κ2) is 8.52. The van der Waals surface area contributed by atoms with Crippen molar-refractivity contribution in [2.45, 2.75) is 38.1 Å². The van der Waals surface area contributed by atoms with Crippen LogP contribution in [0.15, 0.2) is 30.3 Å². The highest BCUT2D eigenvalue weighted by Crippen LogP contribution is 2.31. The zero-order chi connectivity index (χ0) is 14.4. The van der Waals surface area contributed by atoms with Gasteiger partial charge < -0.3 is 11.1 Å². The van der Waals surface area contributed by atoms with Crippen molar-refractivity contribution in [3.63, 3.8) is 0 Å². The van der Waals surface area contributed by atoms with E-state index < -0.39 is 0 Å². The average molecular weight is 310 g/mol. The van der Waals surface area contributed by atoms with Gasteiger partial charge in [-0.1, -0.05) is 36.8 Å². The number of hydrogen-bond donors (Lipinski definition) is 5. The van der Waals surface area contributed by atoms with E-state index in [0.29, 0.717) is 5.92 Å². The fourth-order valence-electron chi connectivity index (χ4n) is 2.59. The van der Waals surface area contributed by atoms with Crippen molar-refractivity contribution in [1.29, 1.82) is 10.8 Å². The van der Waals surface area contributed by atoms with Crippen molar-refractivity contribution in [2.75, 3.05) is 0 Å². The van der Waals surface area contributed by atoms with Crippen molar-refractivity contribution in [3.8, 4) is 0 Å². The van der Waals surface area contributed by atoms with Gasteiger partial charge in [-0.2, -0.15) is 0 Å². The van der Waals surface area contributed by atoms with Crippen LogP contribution >= 0.6 is 12.4 Å². The van der Waals surface area contributed by atoms with E-state index in [0.717, 1.165) is 12.8 Å². The highest BCUT2D eigenvalue weighted by molar-refractivity contribution is 5.94. The van der Waals surface area contributed by atoms with Gasteiger partial charge in [-0.05, 0) is 37.2 Å². The number of halogens is 1. The molecule has 1 aromatic rings. The van der Waals surface area contributed by atoms with Gasteiger partial charge >= 0.3 is 0 Å². The summed E-state index contributed by atoms with van der Waals surface area (Å²) in [6.45, 7) is 0. The molecule has 21 heavy (non-hydrogen) atoms. The van der Waals surface area contributed by atoms with Crippen LogP contribution in [0, 0.1) is 16.7 Å². The molecule has 1 fully saturated rings. The van der Waals surface area contributed by atoms with Crippen LogP contribution < -0.4 is 16.4 Å². The first-order valence-corrected chi connectivity index (χ1v) is 7.15. The van der Waals surface area contributed by atoms with Crippen molar-refractivity contribution in [3.05, 3.63) is 35.9 Å². The molecule has 0 radical (unpaired) electrons. The zero-order valence-electron chi connectivity index (χ0n) is 12.1. The molecule has 1 atom stereocenters. The quantitative estimate of drug-likeness (QED) is 0.426. The van der Waals surface area contributed by atoms with Crippen molar-refractivity contribution in [1.82, 2.24) is 10.6 Å². The van der Waals surface area contributed by atoms with E-state index in [2.05, 4.69) is 34.9 Å². The molecule has 0 bridgehead atoms. The third kappa shape index (κ3) is 5.63. The largest absolute Gasteiger partial charge is 0.370 e. The normalized spacial score (nSPS) is 15.2. The molecule has 0 spiro atoms. The number of guanidine groups is 2. The van der Waals surface area contributed by atoms with Crippen molar-refractivity contribution in [2.24, 2.45) is 11.7 Å². The Hall–Kier alpha value is -1.75. The molecular weight excluding hydrogens is 286 g/mol. The van der Waals surface area contributed by atoms with Crippen LogP contribution in [-0.2, 0) is 6.42 Å². The monoisotopic (exact) mass is 309 g/mol. The standard InChI is InChI=1S/C15H23N5.ClH/c16-14(17)20-15(18)19-13(12-7-4-8-12)10-9-11-5-2-1-3-6-11;/h1-3,5-6,12-13H,4,7-10H2,(H6,16,17,18,19,20);1H/t13-;/m0./s1. The second-order valence-corrected chi connectivity index (χ2v) is 5.38. The molecule has 0 aromatic heterocycles. The zero-order valence-corrected chi connectivity index (χ0v) is 12.9. The summed E-state index contributed by atoms with van der Waals surface area (Å²) >= 11 is 0. The number of hydrogen-bond acceptors (Lipinski definition) is 2. The van der Waals surface area contributed by atoms with E-state index in [1.165, 1.54) is 24.8 Å². The van der Waals surface area contributed by atoms with Gasteiger partial charge in [-0.15, -0.1) is 12.4 Å². The van der Waals surface area contributed by atoms with E-state index in [1.54, 1.807) is 0 Å². The second-order valence-electron chi connectivity index (χ2n) is 5.38. The maximum absolute atomic E-state index is 7.78. The van der Waals surface area contributed by atoms with Gasteiger partial charge in [-0.25, -0.2) is 0 Å². The van der Waals surface area contributed by atoms with Crippen LogP contribution in [0.1, 0.15) is 31.2 Å². The molecule has 6 heteroatoms. The Morgan fingerprint density at radius 3 is 2.43 bits per heavy atom. The van der Waals surface area contributed by atoms with Gasteiger partial charge in [0.15, 0.2) is 11.9 Å². The molecule has 0 unspecified atom stereocenters. The van der Waals surface area contributed by atoms with Gasteiger partial charge in [-0.3, -0.25) is 16.1 Å². The van der Waals surface area contributed by atoms with E-state index in [1.807, 2.05) is 6.07 Å². The molecule has 0 saturated heterocycles. The molecule has 1 aliphatic rings. The topological polar surface area (TPSA) is 97.8 Å². The summed E-state index contributed by atoms with van der Waals surface area (Å²) in [5.41, 5.74) is 6.57. The molecule has 1 saturated carbocycles. The SMILES string of the molecule is Cl.N=C(N)NC(=N)N[C@@H](CCc1ccccc1)C1CCC1. The lowest BCUT2D eigenvalue weighted by Gasteiger charge is -2.35. The lowest BCUT2D eigenvalue weighted by Crippen LogP contribution is -2.50. The predicted molar refractivity (Wildman–Crippen MR) is 89.1 cm³/mol. The highest BCUT2D eigenvalue weighted by Gasteiger charge is 2.27. The Morgan fingerprint density at radius 2 is 1.90 bits per heavy atom. The molecule has 1 aromatic carbocycles. The van der Waals surface area contributed by atoms with E-state index in [4.69, 9.17) is 16.6 Å². The van der Waals surface area contributed by atoms with E-state index in [9.17, 15) is 0 Å². The first kappa shape index (κ1) is 17.3. The summed E-state index contributed by atoms with van der Waals surface area (Å²) in [4.78, 5) is 0. The van der Waals surface area contributed by atoms with Gasteiger partial charge in [0.2, 0.25) is 0 Å². The molecule has 0 heterocycles. The third-order valence-electron chi connectivity index (χ3n) is 3.90. The van der Waals surface area contributed by atoms with Crippen molar-refractivity contribution < 1.29 is 0 Å². The fraction of sp³-hybridized carbons (Fsp3) is 0.467. The minimum atomic E-state index is -0.196. The van der Waals surface area contributed by atoms with Gasteiger partial charge in [0, 0.05) is 6.04 Å². The van der Waals surface area contributed by atoms with Gasteiger partial charge in [0.25, 0.3) is 0 Å². The maximum Gasteiger partial charge on any atom is 0.195 e. The Balaban J connectivity index is 0.00000220. The summed E-state index contributed by atoms with van der Waals surface area (Å²) in [5.74, 6) is 0.563. The predicted octanol–water partition coefficient (Wildman–Crippen LogP) is 2.22. The van der Waals surface area contributed by atoms with Gasteiger partial charge in [0.1, 0.15) is 0 Å². The summed E-state index contributed by atoms with van der Waals surface area (Å²) in [6, 6.07) is 10.7. The number of nitrogens with two attached hydrogens (primary N) is 1. The minimum Gasteiger partial charge on any atom is -0.370 e. The van der Waals surface area contributed by atoms with Crippen LogP contribution in [0.2, 0.25) is 0 Å². The first-order chi connectivity index (χ1) is 9.65. The molecule has 0 amide bonds. The van der Waals surface area contributed by atoms with Crippen molar-refractivity contribution >= 4 is 24.3 Å². The van der Waals surface area contributed by atoms with Crippen LogP contribution in [0.4, 0.5) is 0 Å². The summed E-state index contributed by atoms with van der Waals surface area (Å²) in [5, 5.41) is 20.6. The Kier molecular flexibility index (Phi) is 7.02. The third-order valence-corrected chi connectivity index (χ3v) is 3.90. The lowest BCUT2D eigenvalue weighted by atomic mass is 9.78. The Labute approximate surface area is 132 Å². The van der Waals surface area contributed by atoms with Crippen LogP contribution in [0.5, 0.6) is 0 Å². The van der Waals surface area contributed by atoms with Gasteiger partial charge in [0.05, 0.1) is 0 Å². The molecule has 116 valence electrons. The smallest absolute Gasteiger partial charge is 0.195 e. The minimum absolute atomic E-state index is 0. The van der Waals surface area contributed by atoms with Crippen LogP contribution in [0.25, 0.3) is 0 Å². The molecule has 0 aliphatic heterocycles. The number of benzene rings is 1. The van der Waals surface area contributed by atoms with Crippen LogP contribution in [0.3, 0.4) is 0 Å². The van der Waals surface area contributed by atoms with E-state index in [-0.39, 0.29) is 30.4 Å². The lowest BCUT2D eigenvalue weighted by molar-refractivity contribution is 0.237. The Morgan fingerprint density at radius 1 is 1.24 bits per heavy atom. The molecular formula is C15H24ClN5. The summed E-state index contributed by atoms with van der Waals surface area (Å²) in [6.07, 6.45) is 5.72. The fourth-order valence-corrected chi connectivity index (χ4v) is 2.59. The average Bonchev–Trinajstić information content (AvgIpc) is 2.34. The molecule has 1 aliphatic carbocycles. The summed E-state index contributed by atoms with van der Waals surface area (Å²) in [7, 11) is 0. The van der Waals surface area contributed by atoms with E-state index >= 15 is 0 Å². The highest BCUT2D eigenvalue weighted by atomic mass is 35.5. The molecule has 6 N–H and O–H groups in total. The number of rotatable bonds is 5. The first-order valence-electron chi connectivity index (χ1n) is 7.15. The summed E-state index contributed by atoms with van der Waals surface area (Å²) < 4.78 is 0. The van der Waals surface area contributed by atoms with Crippen LogP contribution in [-0.4, -0.2) is 18.0 Å². The molecule has 5 nitrogen and oxygen atoms in total. The molecule has 2 rings (SSSR count). The number of aryl methyl sites for hydroxylation is 1.